The summed E-state index contributed by atoms with van der Waals surface area (Å²) in [5, 5.41) is 6.70. The summed E-state index contributed by atoms with van der Waals surface area (Å²) in [5.74, 6) is -0.333. The van der Waals surface area contributed by atoms with E-state index < -0.39 is 6.10 Å². The van der Waals surface area contributed by atoms with Crippen molar-refractivity contribution in [1.82, 2.24) is 5.06 Å². The summed E-state index contributed by atoms with van der Waals surface area (Å²) < 4.78 is 5.00. The molecule has 0 unspecified atom stereocenters. The van der Waals surface area contributed by atoms with Crippen LogP contribution in [0.3, 0.4) is 0 Å². The van der Waals surface area contributed by atoms with E-state index in [1.807, 2.05) is 23.3 Å². The van der Waals surface area contributed by atoms with Crippen molar-refractivity contribution in [1.29, 1.82) is 0 Å². The van der Waals surface area contributed by atoms with Crippen LogP contribution in [0.5, 0.6) is 0 Å². The smallest absolute Gasteiger partial charge is 0.337 e. The molecule has 0 N–H and O–H groups in total. The van der Waals surface area contributed by atoms with E-state index in [4.69, 9.17) is 9.57 Å². The number of carbonyl (C=O) groups is 1. The number of rotatable bonds is 4. The molecule has 4 aromatic carbocycles. The van der Waals surface area contributed by atoms with Gasteiger partial charge >= 0.3 is 5.97 Å². The molecule has 0 aromatic heterocycles. The molecule has 0 saturated carbocycles. The minimum Gasteiger partial charge on any atom is -0.467 e. The van der Waals surface area contributed by atoms with E-state index in [1.54, 1.807) is 0 Å². The molecule has 0 bridgehead atoms. The first kappa shape index (κ1) is 18.8. The summed E-state index contributed by atoms with van der Waals surface area (Å²) in [7, 11) is 1.41. The Bertz CT molecular complexity index is 1150. The van der Waals surface area contributed by atoms with Gasteiger partial charge in [-0.05, 0) is 38.7 Å². The fourth-order valence-electron chi connectivity index (χ4n) is 4.45. The van der Waals surface area contributed by atoms with E-state index in [1.165, 1.54) is 34.2 Å². The number of benzene rings is 4. The van der Waals surface area contributed by atoms with Crippen LogP contribution in [0.4, 0.5) is 0 Å². The van der Waals surface area contributed by atoms with Crippen LogP contribution in [0, 0.1) is 0 Å². The minimum absolute atomic E-state index is 0.0645. The second-order valence-corrected chi connectivity index (χ2v) is 7.66. The molecule has 5 rings (SSSR count). The normalized spacial score (nSPS) is 19.4. The van der Waals surface area contributed by atoms with Gasteiger partial charge in [0.15, 0.2) is 6.10 Å². The monoisotopic (exact) mass is 397 g/mol. The number of hydrogen-bond donors (Lipinski definition) is 0. The number of hydrogen-bond acceptors (Lipinski definition) is 4. The second-order valence-electron chi connectivity index (χ2n) is 7.66. The first-order valence-electron chi connectivity index (χ1n) is 10.2. The molecule has 1 heterocycles. The SMILES string of the molecule is COC(=O)[C@@H]1C[C@H](c2c3ccccc3cc3ccccc23)N(Cc2ccccc2)O1. The lowest BCUT2D eigenvalue weighted by Gasteiger charge is -2.25. The quantitative estimate of drug-likeness (QED) is 0.341. The maximum Gasteiger partial charge on any atom is 0.337 e. The number of hydroxylamine groups is 2. The van der Waals surface area contributed by atoms with Crippen molar-refractivity contribution in [3.63, 3.8) is 0 Å². The van der Waals surface area contributed by atoms with Gasteiger partial charge in [-0.1, -0.05) is 78.9 Å². The van der Waals surface area contributed by atoms with Gasteiger partial charge < -0.3 is 4.74 Å². The molecule has 0 amide bonds. The first-order valence-corrected chi connectivity index (χ1v) is 10.2. The molecular formula is C26H23NO3. The Labute approximate surface area is 175 Å². The molecule has 4 aromatic rings. The lowest BCUT2D eigenvalue weighted by Crippen LogP contribution is -2.25. The van der Waals surface area contributed by atoms with Gasteiger partial charge in [-0.15, -0.1) is 0 Å². The summed E-state index contributed by atoms with van der Waals surface area (Å²) in [6.45, 7) is 0.594. The topological polar surface area (TPSA) is 38.8 Å². The van der Waals surface area contributed by atoms with Gasteiger partial charge in [0, 0.05) is 13.0 Å². The molecule has 0 aliphatic carbocycles. The van der Waals surface area contributed by atoms with Crippen molar-refractivity contribution in [2.45, 2.75) is 25.1 Å². The Morgan fingerprint density at radius 1 is 0.933 bits per heavy atom. The summed E-state index contributed by atoms with van der Waals surface area (Å²) in [5.41, 5.74) is 2.34. The second kappa shape index (κ2) is 7.90. The Hall–Kier alpha value is -3.21. The van der Waals surface area contributed by atoms with E-state index in [0.717, 1.165) is 5.56 Å². The van der Waals surface area contributed by atoms with Crippen LogP contribution >= 0.6 is 0 Å². The van der Waals surface area contributed by atoms with E-state index in [0.29, 0.717) is 13.0 Å². The van der Waals surface area contributed by atoms with Crippen LogP contribution in [0.2, 0.25) is 0 Å². The van der Waals surface area contributed by atoms with Gasteiger partial charge in [0.1, 0.15) is 0 Å². The maximum absolute atomic E-state index is 12.3. The van der Waals surface area contributed by atoms with Crippen LogP contribution < -0.4 is 0 Å². The van der Waals surface area contributed by atoms with Crippen molar-refractivity contribution in [2.24, 2.45) is 0 Å². The molecule has 1 aliphatic rings. The van der Waals surface area contributed by atoms with Gasteiger partial charge in [-0.25, -0.2) is 4.79 Å². The predicted octanol–water partition coefficient (Wildman–Crippen LogP) is 5.41. The number of carbonyl (C=O) groups excluding carboxylic acids is 1. The summed E-state index contributed by atoms with van der Waals surface area (Å²) in [6.07, 6.45) is -0.0567. The van der Waals surface area contributed by atoms with Crippen molar-refractivity contribution < 1.29 is 14.4 Å². The lowest BCUT2D eigenvalue weighted by atomic mass is 9.90. The van der Waals surface area contributed by atoms with E-state index in [2.05, 4.69) is 66.7 Å². The van der Waals surface area contributed by atoms with Crippen LogP contribution in [0.15, 0.2) is 84.9 Å². The molecular weight excluding hydrogens is 374 g/mol. The molecule has 1 aliphatic heterocycles. The van der Waals surface area contributed by atoms with Crippen LogP contribution in [-0.4, -0.2) is 24.2 Å². The number of nitrogens with zero attached hydrogens (tertiary/aromatic N) is 1. The molecule has 4 heteroatoms. The number of fused-ring (bicyclic) bond motifs is 2. The van der Waals surface area contributed by atoms with Crippen LogP contribution in [-0.2, 0) is 20.9 Å². The van der Waals surface area contributed by atoms with Gasteiger partial charge in [-0.3, -0.25) is 4.84 Å². The molecule has 0 spiro atoms. The highest BCUT2D eigenvalue weighted by Crippen LogP contribution is 2.42. The standard InChI is InChI=1S/C26H23NO3/c1-29-26(28)24-16-23(27(30-24)17-18-9-3-2-4-10-18)25-21-13-7-5-11-19(21)15-20-12-6-8-14-22(20)25/h2-15,23-24H,16-17H2,1H3/t23-,24+/m1/s1. The maximum atomic E-state index is 12.3. The predicted molar refractivity (Wildman–Crippen MR) is 118 cm³/mol. The first-order chi connectivity index (χ1) is 14.7. The van der Waals surface area contributed by atoms with Crippen molar-refractivity contribution in [3.05, 3.63) is 96.1 Å². The van der Waals surface area contributed by atoms with Crippen LogP contribution in [0.1, 0.15) is 23.6 Å². The summed E-state index contributed by atoms with van der Waals surface area (Å²) in [6, 6.07) is 29.2. The zero-order valence-electron chi connectivity index (χ0n) is 16.8. The van der Waals surface area contributed by atoms with Gasteiger partial charge in [-0.2, -0.15) is 5.06 Å². The number of esters is 1. The van der Waals surface area contributed by atoms with E-state index in [-0.39, 0.29) is 12.0 Å². The van der Waals surface area contributed by atoms with Gasteiger partial charge in [0.25, 0.3) is 0 Å². The zero-order chi connectivity index (χ0) is 20.5. The highest BCUT2D eigenvalue weighted by molar-refractivity contribution is 6.02. The highest BCUT2D eigenvalue weighted by atomic mass is 16.7. The molecule has 1 saturated heterocycles. The third kappa shape index (κ3) is 3.34. The third-order valence-electron chi connectivity index (χ3n) is 5.84. The average Bonchev–Trinajstić information content (AvgIpc) is 3.20. The van der Waals surface area contributed by atoms with Crippen molar-refractivity contribution in [2.75, 3.05) is 7.11 Å². The fraction of sp³-hybridized carbons (Fsp3) is 0.192. The average molecular weight is 397 g/mol. The Morgan fingerprint density at radius 3 is 2.17 bits per heavy atom. The molecule has 30 heavy (non-hydrogen) atoms. The molecule has 4 nitrogen and oxygen atoms in total. The molecule has 1 fully saturated rings. The van der Waals surface area contributed by atoms with E-state index in [9.17, 15) is 4.79 Å². The van der Waals surface area contributed by atoms with Crippen molar-refractivity contribution >= 4 is 27.5 Å². The summed E-state index contributed by atoms with van der Waals surface area (Å²) >= 11 is 0. The third-order valence-corrected chi connectivity index (χ3v) is 5.84. The van der Waals surface area contributed by atoms with Crippen LogP contribution in [0.25, 0.3) is 21.5 Å². The van der Waals surface area contributed by atoms with Crippen molar-refractivity contribution in [3.8, 4) is 0 Å². The lowest BCUT2D eigenvalue weighted by molar-refractivity contribution is -0.191. The summed E-state index contributed by atoms with van der Waals surface area (Å²) in [4.78, 5) is 18.5. The molecule has 0 radical (unpaired) electrons. The van der Waals surface area contributed by atoms with E-state index >= 15 is 0 Å². The fourth-order valence-corrected chi connectivity index (χ4v) is 4.45. The largest absolute Gasteiger partial charge is 0.467 e. The number of ether oxygens (including phenoxy) is 1. The van der Waals surface area contributed by atoms with Gasteiger partial charge in [0.2, 0.25) is 0 Å². The Balaban J connectivity index is 1.67. The minimum atomic E-state index is -0.610. The molecule has 2 atom stereocenters. The highest BCUT2D eigenvalue weighted by Gasteiger charge is 2.40. The Morgan fingerprint density at radius 2 is 1.53 bits per heavy atom. The van der Waals surface area contributed by atoms with Gasteiger partial charge in [0.05, 0.1) is 13.2 Å². The number of methoxy groups -OCH3 is 1. The Kier molecular flexibility index (Phi) is 4.95. The zero-order valence-corrected chi connectivity index (χ0v) is 16.8. The molecule has 150 valence electrons.